The number of amides is 3. The van der Waals surface area contributed by atoms with E-state index in [0.717, 1.165) is 0 Å². The maximum Gasteiger partial charge on any atom is 0.326 e. The molecule has 33 heavy (non-hydrogen) atoms. The third-order valence-corrected chi connectivity index (χ3v) is 5.02. The van der Waals surface area contributed by atoms with Gasteiger partial charge in [-0.2, -0.15) is 0 Å². The number of nitrogens with one attached hydrogen (secondary N) is 3. The van der Waals surface area contributed by atoms with Crippen LogP contribution in [0.25, 0.3) is 0 Å². The van der Waals surface area contributed by atoms with E-state index in [0.29, 0.717) is 45.2 Å². The first-order chi connectivity index (χ1) is 15.6. The number of rotatable bonds is 18. The van der Waals surface area contributed by atoms with Crippen molar-refractivity contribution >= 4 is 23.7 Å². The molecule has 0 aliphatic rings. The fourth-order valence-corrected chi connectivity index (χ4v) is 3.14. The van der Waals surface area contributed by atoms with Crippen LogP contribution in [0.1, 0.15) is 58.8 Å². The third kappa shape index (κ3) is 13.1. The molecule has 0 saturated heterocycles. The van der Waals surface area contributed by atoms with E-state index in [9.17, 15) is 29.4 Å². The Morgan fingerprint density at radius 3 is 1.67 bits per heavy atom. The molecule has 0 saturated carbocycles. The Kier molecular flexibility index (Phi) is 16.0. The van der Waals surface area contributed by atoms with Crippen LogP contribution in [-0.4, -0.2) is 77.8 Å². The molecule has 12 heteroatoms. The molecule has 0 rings (SSSR count). The summed E-state index contributed by atoms with van der Waals surface area (Å²) >= 11 is 0. The zero-order valence-electron chi connectivity index (χ0n) is 19.7. The Morgan fingerprint density at radius 1 is 0.758 bits per heavy atom. The Labute approximate surface area is 195 Å². The highest BCUT2D eigenvalue weighted by Gasteiger charge is 2.29. The summed E-state index contributed by atoms with van der Waals surface area (Å²) in [5.74, 6) is -3.05. The molecule has 0 spiro atoms. The maximum atomic E-state index is 12.8. The van der Waals surface area contributed by atoms with E-state index in [1.54, 1.807) is 0 Å². The molecule has 4 atom stereocenters. The quantitative estimate of drug-likeness (QED) is 0.104. The van der Waals surface area contributed by atoms with Gasteiger partial charge in [0.15, 0.2) is 0 Å². The number of hydrogen-bond donors (Lipinski definition) is 8. The molecule has 0 fully saturated rings. The summed E-state index contributed by atoms with van der Waals surface area (Å²) in [5.41, 5.74) is 16.8. The van der Waals surface area contributed by atoms with Crippen LogP contribution in [0.2, 0.25) is 0 Å². The summed E-state index contributed by atoms with van der Waals surface area (Å²) < 4.78 is 0. The van der Waals surface area contributed by atoms with E-state index in [4.69, 9.17) is 17.2 Å². The van der Waals surface area contributed by atoms with Crippen molar-refractivity contribution in [1.29, 1.82) is 0 Å². The fraction of sp³-hybridized carbons (Fsp3) is 0.810. The lowest BCUT2D eigenvalue weighted by molar-refractivity contribution is -0.142. The number of aliphatic hydroxyl groups excluding tert-OH is 1. The number of carboxylic acids is 1. The first kappa shape index (κ1) is 30.7. The van der Waals surface area contributed by atoms with Gasteiger partial charge < -0.3 is 43.4 Å². The van der Waals surface area contributed by atoms with Crippen molar-refractivity contribution in [3.8, 4) is 0 Å². The molecule has 0 radical (unpaired) electrons. The summed E-state index contributed by atoms with van der Waals surface area (Å²) in [5, 5.41) is 26.2. The van der Waals surface area contributed by atoms with Crippen molar-refractivity contribution in [1.82, 2.24) is 16.0 Å². The van der Waals surface area contributed by atoms with Crippen molar-refractivity contribution in [2.75, 3.05) is 19.7 Å². The van der Waals surface area contributed by atoms with E-state index in [-0.39, 0.29) is 18.8 Å². The van der Waals surface area contributed by atoms with Gasteiger partial charge in [0.25, 0.3) is 0 Å². The number of aliphatic carboxylic acids is 1. The lowest BCUT2D eigenvalue weighted by Gasteiger charge is -2.24. The van der Waals surface area contributed by atoms with Crippen LogP contribution < -0.4 is 33.2 Å². The second-order valence-electron chi connectivity index (χ2n) is 8.51. The number of hydrogen-bond acceptors (Lipinski definition) is 8. The van der Waals surface area contributed by atoms with E-state index in [1.807, 2.05) is 13.8 Å². The predicted octanol–water partition coefficient (Wildman–Crippen LogP) is -1.85. The van der Waals surface area contributed by atoms with Crippen LogP contribution in [0.4, 0.5) is 0 Å². The summed E-state index contributed by atoms with van der Waals surface area (Å²) in [7, 11) is 0. The van der Waals surface area contributed by atoms with Gasteiger partial charge in [-0.3, -0.25) is 14.4 Å². The van der Waals surface area contributed by atoms with Gasteiger partial charge in [0, 0.05) is 0 Å². The van der Waals surface area contributed by atoms with E-state index in [1.165, 1.54) is 0 Å². The molecule has 0 heterocycles. The monoisotopic (exact) mass is 474 g/mol. The second kappa shape index (κ2) is 17.2. The Hall–Kier alpha value is -2.28. The summed E-state index contributed by atoms with van der Waals surface area (Å²) in [6.07, 6.45) is 3.14. The number of carbonyl (C=O) groups excluding carboxylic acids is 3. The van der Waals surface area contributed by atoms with Gasteiger partial charge in [-0.1, -0.05) is 13.8 Å². The normalized spacial score (nSPS) is 14.8. The molecule has 0 aliphatic carbocycles. The van der Waals surface area contributed by atoms with Crippen LogP contribution in [0, 0.1) is 5.92 Å². The summed E-state index contributed by atoms with van der Waals surface area (Å²) in [6.45, 7) is 3.90. The second-order valence-corrected chi connectivity index (χ2v) is 8.51. The highest BCUT2D eigenvalue weighted by molar-refractivity contribution is 5.94. The molecule has 3 amide bonds. The van der Waals surface area contributed by atoms with Crippen LogP contribution >= 0.6 is 0 Å². The highest BCUT2D eigenvalue weighted by Crippen LogP contribution is 2.06. The van der Waals surface area contributed by atoms with Crippen molar-refractivity contribution < 1.29 is 29.4 Å². The van der Waals surface area contributed by atoms with Gasteiger partial charge in [-0.05, 0) is 64.0 Å². The first-order valence-electron chi connectivity index (χ1n) is 11.5. The average Bonchev–Trinajstić information content (AvgIpc) is 2.75. The zero-order chi connectivity index (χ0) is 25.4. The van der Waals surface area contributed by atoms with E-state index < -0.39 is 54.5 Å². The predicted molar refractivity (Wildman–Crippen MR) is 124 cm³/mol. The van der Waals surface area contributed by atoms with Gasteiger partial charge >= 0.3 is 5.97 Å². The topological polar surface area (TPSA) is 223 Å². The maximum absolute atomic E-state index is 12.8. The number of aliphatic hydroxyl groups is 1. The zero-order valence-corrected chi connectivity index (χ0v) is 19.7. The number of carbonyl (C=O) groups is 4. The largest absolute Gasteiger partial charge is 0.480 e. The molecule has 0 aromatic heterocycles. The van der Waals surface area contributed by atoms with Gasteiger partial charge in [0.05, 0.1) is 12.6 Å². The molecule has 0 aromatic rings. The lowest BCUT2D eigenvalue weighted by atomic mass is 10.0. The molecule has 0 aromatic carbocycles. The average molecular weight is 475 g/mol. The van der Waals surface area contributed by atoms with Crippen molar-refractivity contribution in [2.45, 2.75) is 83.0 Å². The molecular formula is C21H42N6O6. The molecule has 0 unspecified atom stereocenters. The van der Waals surface area contributed by atoms with E-state index >= 15 is 0 Å². The van der Waals surface area contributed by atoms with Gasteiger partial charge in [-0.15, -0.1) is 0 Å². The minimum atomic E-state index is -1.38. The van der Waals surface area contributed by atoms with Crippen LogP contribution in [-0.2, 0) is 19.2 Å². The van der Waals surface area contributed by atoms with Crippen LogP contribution in [0.15, 0.2) is 0 Å². The van der Waals surface area contributed by atoms with Crippen molar-refractivity contribution in [3.05, 3.63) is 0 Å². The minimum absolute atomic E-state index is 0.163. The highest BCUT2D eigenvalue weighted by atomic mass is 16.4. The SMILES string of the molecule is CC(C)C[C@H](N)C(=O)N[C@@H](CCCCN)C(=O)N[C@@H](CO)C(=O)N[C@@H](CCCCN)C(=O)O. The standard InChI is InChI=1S/C21H42N6O6/c1-13(2)11-14(24)18(29)25-15(7-3-5-9-22)19(30)27-17(12-28)20(31)26-16(21(32)33)8-4-6-10-23/h13-17,28H,3-12,22-24H2,1-2H3,(H,25,29)(H,26,31)(H,27,30)(H,32,33)/t14-,15-,16-,17-/m0/s1. The number of nitrogens with two attached hydrogens (primary N) is 3. The Morgan fingerprint density at radius 2 is 1.21 bits per heavy atom. The summed E-state index contributed by atoms with van der Waals surface area (Å²) in [6, 6.07) is -4.34. The lowest BCUT2D eigenvalue weighted by Crippen LogP contribution is -2.58. The van der Waals surface area contributed by atoms with Gasteiger partial charge in [0.2, 0.25) is 17.7 Å². The fourth-order valence-electron chi connectivity index (χ4n) is 3.14. The molecule has 0 bridgehead atoms. The summed E-state index contributed by atoms with van der Waals surface area (Å²) in [4.78, 5) is 49.1. The molecule has 11 N–H and O–H groups in total. The Balaban J connectivity index is 5.18. The number of unbranched alkanes of at least 4 members (excludes halogenated alkanes) is 2. The van der Waals surface area contributed by atoms with Gasteiger partial charge in [-0.25, -0.2) is 4.79 Å². The number of carboxylic acid groups (broad SMARTS) is 1. The Bertz CT molecular complexity index is 618. The van der Waals surface area contributed by atoms with Crippen molar-refractivity contribution in [2.24, 2.45) is 23.1 Å². The van der Waals surface area contributed by atoms with Gasteiger partial charge in [0.1, 0.15) is 18.1 Å². The van der Waals surface area contributed by atoms with Crippen LogP contribution in [0.3, 0.4) is 0 Å². The third-order valence-electron chi connectivity index (χ3n) is 5.02. The molecule has 12 nitrogen and oxygen atoms in total. The molecular weight excluding hydrogens is 432 g/mol. The van der Waals surface area contributed by atoms with Crippen molar-refractivity contribution in [3.63, 3.8) is 0 Å². The smallest absolute Gasteiger partial charge is 0.326 e. The molecule has 0 aliphatic heterocycles. The van der Waals surface area contributed by atoms with E-state index in [2.05, 4.69) is 16.0 Å². The minimum Gasteiger partial charge on any atom is -0.480 e. The molecule has 192 valence electrons. The first-order valence-corrected chi connectivity index (χ1v) is 11.5. The van der Waals surface area contributed by atoms with Crippen LogP contribution in [0.5, 0.6) is 0 Å².